The van der Waals surface area contributed by atoms with E-state index in [1.165, 1.54) is 17.4 Å². The molecule has 24 heavy (non-hydrogen) atoms. The highest BCUT2D eigenvalue weighted by molar-refractivity contribution is 7.16. The van der Waals surface area contributed by atoms with Crippen molar-refractivity contribution in [1.29, 1.82) is 0 Å². The maximum Gasteiger partial charge on any atom is 0.413 e. The Morgan fingerprint density at radius 1 is 1.17 bits per heavy atom. The Morgan fingerprint density at radius 3 is 2.50 bits per heavy atom. The molecule has 0 aliphatic heterocycles. The van der Waals surface area contributed by atoms with Gasteiger partial charge in [-0.05, 0) is 37.6 Å². The van der Waals surface area contributed by atoms with Gasteiger partial charge in [0.2, 0.25) is 0 Å². The summed E-state index contributed by atoms with van der Waals surface area (Å²) in [4.78, 5) is 36.7. The highest BCUT2D eigenvalue weighted by atomic mass is 35.5. The minimum Gasteiger partial charge on any atom is -0.453 e. The van der Waals surface area contributed by atoms with Crippen LogP contribution in [0.4, 0.5) is 9.80 Å². The number of hydrogen-bond acceptors (Lipinski definition) is 5. The molecule has 1 aromatic carbocycles. The predicted molar refractivity (Wildman–Crippen MR) is 93.1 cm³/mol. The van der Waals surface area contributed by atoms with Crippen molar-refractivity contribution in [3.05, 3.63) is 50.9 Å². The molecule has 0 aliphatic rings. The molecule has 3 amide bonds. The highest BCUT2D eigenvalue weighted by Crippen LogP contribution is 2.32. The monoisotopic (exact) mass is 366 g/mol. The third kappa shape index (κ3) is 3.93. The standard InChI is InChI=1S/C16H15ClN2O4S/c1-8-9(2)24-15(12(8)14(21)19-16(22)23-3)18-13(20)10-5-4-6-11(17)7-10/h4-7H,1-3H3,(H,18,20)(H,19,21,22). The third-order valence-electron chi connectivity index (χ3n) is 3.33. The number of halogens is 1. The van der Waals surface area contributed by atoms with Gasteiger partial charge in [0.15, 0.2) is 0 Å². The SMILES string of the molecule is COC(=O)NC(=O)c1c(NC(=O)c2cccc(Cl)c2)sc(C)c1C. The fourth-order valence-electron chi connectivity index (χ4n) is 2.00. The Balaban J connectivity index is 2.30. The summed E-state index contributed by atoms with van der Waals surface area (Å²) in [6, 6.07) is 6.46. The summed E-state index contributed by atoms with van der Waals surface area (Å²) in [5.41, 5.74) is 1.28. The van der Waals surface area contributed by atoms with Crippen molar-refractivity contribution < 1.29 is 19.1 Å². The second kappa shape index (κ2) is 7.46. The minimum atomic E-state index is -0.865. The lowest BCUT2D eigenvalue weighted by Crippen LogP contribution is -2.31. The Kier molecular flexibility index (Phi) is 5.58. The number of rotatable bonds is 3. The molecule has 0 spiro atoms. The Hall–Kier alpha value is -2.38. The Bertz CT molecular complexity index is 816. The number of thiophene rings is 1. The molecule has 126 valence electrons. The van der Waals surface area contributed by atoms with Crippen molar-refractivity contribution in [1.82, 2.24) is 5.32 Å². The van der Waals surface area contributed by atoms with E-state index in [0.29, 0.717) is 21.2 Å². The lowest BCUT2D eigenvalue weighted by atomic mass is 10.1. The summed E-state index contributed by atoms with van der Waals surface area (Å²) in [6.45, 7) is 3.57. The number of amides is 3. The summed E-state index contributed by atoms with van der Waals surface area (Å²) in [5.74, 6) is -1.03. The zero-order valence-corrected chi connectivity index (χ0v) is 14.8. The van der Waals surface area contributed by atoms with E-state index in [-0.39, 0.29) is 5.56 Å². The van der Waals surface area contributed by atoms with E-state index in [0.717, 1.165) is 12.0 Å². The topological polar surface area (TPSA) is 84.5 Å². The van der Waals surface area contributed by atoms with Crippen LogP contribution in [-0.4, -0.2) is 25.0 Å². The summed E-state index contributed by atoms with van der Waals surface area (Å²) in [6.07, 6.45) is -0.865. The second-order valence-corrected chi connectivity index (χ2v) is 6.56. The molecule has 2 rings (SSSR count). The number of anilines is 1. The number of imide groups is 1. The van der Waals surface area contributed by atoms with Crippen molar-refractivity contribution in [3.8, 4) is 0 Å². The number of aryl methyl sites for hydroxylation is 1. The second-order valence-electron chi connectivity index (χ2n) is 4.90. The molecule has 0 aliphatic carbocycles. The van der Waals surface area contributed by atoms with Crippen LogP contribution in [0.15, 0.2) is 24.3 Å². The van der Waals surface area contributed by atoms with Crippen LogP contribution < -0.4 is 10.6 Å². The number of ether oxygens (including phenoxy) is 1. The lowest BCUT2D eigenvalue weighted by Gasteiger charge is -2.08. The van der Waals surface area contributed by atoms with Crippen LogP contribution in [0.3, 0.4) is 0 Å². The summed E-state index contributed by atoms with van der Waals surface area (Å²) < 4.78 is 4.42. The first kappa shape index (κ1) is 18.0. The number of carbonyl (C=O) groups is 3. The molecule has 0 atom stereocenters. The Morgan fingerprint density at radius 2 is 1.88 bits per heavy atom. The van der Waals surface area contributed by atoms with E-state index < -0.39 is 17.9 Å². The normalized spacial score (nSPS) is 10.2. The molecule has 1 aromatic heterocycles. The molecule has 2 N–H and O–H groups in total. The molecule has 0 fully saturated rings. The zero-order chi connectivity index (χ0) is 17.9. The van der Waals surface area contributed by atoms with Crippen LogP contribution in [0, 0.1) is 13.8 Å². The molecule has 6 nitrogen and oxygen atoms in total. The first-order valence-corrected chi connectivity index (χ1v) is 8.09. The average molecular weight is 367 g/mol. The number of carbonyl (C=O) groups excluding carboxylic acids is 3. The van der Waals surface area contributed by atoms with Gasteiger partial charge in [-0.2, -0.15) is 0 Å². The van der Waals surface area contributed by atoms with Gasteiger partial charge >= 0.3 is 6.09 Å². The van der Waals surface area contributed by atoms with Gasteiger partial charge in [-0.1, -0.05) is 17.7 Å². The molecule has 8 heteroatoms. The van der Waals surface area contributed by atoms with Crippen molar-refractivity contribution in [2.45, 2.75) is 13.8 Å². The molecule has 0 saturated carbocycles. The number of alkyl carbamates (subject to hydrolysis) is 1. The molecule has 0 bridgehead atoms. The Labute approximate surface area is 147 Å². The molecule has 1 heterocycles. The number of benzene rings is 1. The van der Waals surface area contributed by atoms with Crippen molar-refractivity contribution in [2.75, 3.05) is 12.4 Å². The van der Waals surface area contributed by atoms with Gasteiger partial charge in [0.05, 0.1) is 12.7 Å². The van der Waals surface area contributed by atoms with Crippen molar-refractivity contribution >= 4 is 45.8 Å². The highest BCUT2D eigenvalue weighted by Gasteiger charge is 2.23. The molecule has 0 unspecified atom stereocenters. The zero-order valence-electron chi connectivity index (χ0n) is 13.2. The number of hydrogen-bond donors (Lipinski definition) is 2. The molecular formula is C16H15ClN2O4S. The molecular weight excluding hydrogens is 352 g/mol. The average Bonchev–Trinajstić information content (AvgIpc) is 2.81. The van der Waals surface area contributed by atoms with Crippen LogP contribution >= 0.6 is 22.9 Å². The maximum absolute atomic E-state index is 12.4. The first-order valence-electron chi connectivity index (χ1n) is 6.89. The summed E-state index contributed by atoms with van der Waals surface area (Å²) >= 11 is 7.14. The van der Waals surface area contributed by atoms with E-state index in [1.54, 1.807) is 25.1 Å². The first-order chi connectivity index (χ1) is 11.3. The fraction of sp³-hybridized carbons (Fsp3) is 0.188. The number of nitrogens with one attached hydrogen (secondary N) is 2. The van der Waals surface area contributed by atoms with Gasteiger partial charge in [0.1, 0.15) is 5.00 Å². The van der Waals surface area contributed by atoms with E-state index in [4.69, 9.17) is 11.6 Å². The van der Waals surface area contributed by atoms with Gasteiger partial charge in [-0.15, -0.1) is 11.3 Å². The van der Waals surface area contributed by atoms with Gasteiger partial charge < -0.3 is 10.1 Å². The maximum atomic E-state index is 12.4. The third-order valence-corrected chi connectivity index (χ3v) is 4.69. The van der Waals surface area contributed by atoms with Gasteiger partial charge in [-0.25, -0.2) is 4.79 Å². The molecule has 2 aromatic rings. The van der Waals surface area contributed by atoms with Gasteiger partial charge in [0, 0.05) is 15.5 Å². The van der Waals surface area contributed by atoms with Gasteiger partial charge in [-0.3, -0.25) is 14.9 Å². The van der Waals surface area contributed by atoms with Crippen LogP contribution in [0.25, 0.3) is 0 Å². The lowest BCUT2D eigenvalue weighted by molar-refractivity contribution is 0.0937. The largest absolute Gasteiger partial charge is 0.453 e. The molecule has 0 saturated heterocycles. The summed E-state index contributed by atoms with van der Waals surface area (Å²) in [5, 5.41) is 5.59. The van der Waals surface area contributed by atoms with Gasteiger partial charge in [0.25, 0.3) is 11.8 Å². The van der Waals surface area contributed by atoms with E-state index in [2.05, 4.69) is 15.4 Å². The van der Waals surface area contributed by atoms with E-state index in [9.17, 15) is 14.4 Å². The van der Waals surface area contributed by atoms with Crippen LogP contribution in [0.5, 0.6) is 0 Å². The quantitative estimate of drug-likeness (QED) is 0.866. The number of methoxy groups -OCH3 is 1. The molecule has 0 radical (unpaired) electrons. The van der Waals surface area contributed by atoms with Crippen LogP contribution in [0.1, 0.15) is 31.2 Å². The van der Waals surface area contributed by atoms with Crippen LogP contribution in [-0.2, 0) is 4.74 Å². The minimum absolute atomic E-state index is 0.235. The smallest absolute Gasteiger partial charge is 0.413 e. The van der Waals surface area contributed by atoms with Crippen molar-refractivity contribution in [2.24, 2.45) is 0 Å². The van der Waals surface area contributed by atoms with Crippen LogP contribution in [0.2, 0.25) is 5.02 Å². The van der Waals surface area contributed by atoms with E-state index >= 15 is 0 Å². The van der Waals surface area contributed by atoms with Crippen molar-refractivity contribution in [3.63, 3.8) is 0 Å². The fourth-order valence-corrected chi connectivity index (χ4v) is 3.24. The predicted octanol–water partition coefficient (Wildman–Crippen LogP) is 3.77. The summed E-state index contributed by atoms with van der Waals surface area (Å²) in [7, 11) is 1.16. The van der Waals surface area contributed by atoms with E-state index in [1.807, 2.05) is 6.92 Å².